The lowest BCUT2D eigenvalue weighted by Gasteiger charge is -2.41. The van der Waals surface area contributed by atoms with Crippen LogP contribution in [0.25, 0.3) is 0 Å². The van der Waals surface area contributed by atoms with Crippen LogP contribution in [0.4, 0.5) is 0 Å². The maximum absolute atomic E-state index is 12.5. The van der Waals surface area contributed by atoms with E-state index in [2.05, 4.69) is 22.0 Å². The van der Waals surface area contributed by atoms with E-state index in [4.69, 9.17) is 4.74 Å². The molecule has 1 saturated carbocycles. The minimum atomic E-state index is -0.0226. The molecule has 134 valence electrons. The molecule has 0 aromatic rings. The molecule has 1 aliphatic carbocycles. The zero-order valence-corrected chi connectivity index (χ0v) is 15.2. The minimum absolute atomic E-state index is 0.0226. The normalized spacial score (nSPS) is 26.1. The van der Waals surface area contributed by atoms with Gasteiger partial charge in [-0.25, -0.2) is 0 Å². The molecule has 1 aliphatic heterocycles. The molecular weight excluding hydrogens is 290 g/mol. The van der Waals surface area contributed by atoms with E-state index in [1.165, 1.54) is 32.1 Å². The molecule has 2 rings (SSSR count). The van der Waals surface area contributed by atoms with Gasteiger partial charge in [0.1, 0.15) is 0 Å². The van der Waals surface area contributed by atoms with E-state index in [-0.39, 0.29) is 11.9 Å². The number of piperazine rings is 1. The lowest BCUT2D eigenvalue weighted by Crippen LogP contribution is -2.57. The fraction of sp³-hybridized carbons (Fsp3) is 0.944. The number of carbonyl (C=O) groups is 1. The molecule has 23 heavy (non-hydrogen) atoms. The van der Waals surface area contributed by atoms with Gasteiger partial charge in [0.2, 0.25) is 5.91 Å². The van der Waals surface area contributed by atoms with Crippen molar-refractivity contribution >= 4 is 5.91 Å². The average Bonchev–Trinajstić information content (AvgIpc) is 2.58. The van der Waals surface area contributed by atoms with Crippen molar-refractivity contribution in [1.82, 2.24) is 15.1 Å². The van der Waals surface area contributed by atoms with Crippen LogP contribution in [0.2, 0.25) is 0 Å². The maximum atomic E-state index is 12.5. The highest BCUT2D eigenvalue weighted by atomic mass is 16.5. The Balaban J connectivity index is 1.72. The van der Waals surface area contributed by atoms with Crippen molar-refractivity contribution in [3.63, 3.8) is 0 Å². The van der Waals surface area contributed by atoms with E-state index < -0.39 is 0 Å². The summed E-state index contributed by atoms with van der Waals surface area (Å²) in [5.41, 5.74) is 0. The third-order valence-electron chi connectivity index (χ3n) is 5.60. The minimum Gasteiger partial charge on any atom is -0.383 e. The van der Waals surface area contributed by atoms with Crippen molar-refractivity contribution < 1.29 is 9.53 Å². The van der Waals surface area contributed by atoms with E-state index in [1.807, 2.05) is 6.92 Å². The predicted molar refractivity (Wildman–Crippen MR) is 93.5 cm³/mol. The molecule has 1 N–H and O–H groups in total. The summed E-state index contributed by atoms with van der Waals surface area (Å²) >= 11 is 0. The van der Waals surface area contributed by atoms with Crippen LogP contribution in [0.1, 0.15) is 46.0 Å². The van der Waals surface area contributed by atoms with Crippen molar-refractivity contribution in [2.45, 2.75) is 58.0 Å². The maximum Gasteiger partial charge on any atom is 0.237 e. The number of rotatable bonds is 7. The summed E-state index contributed by atoms with van der Waals surface area (Å²) in [5.74, 6) is 0.901. The van der Waals surface area contributed by atoms with Gasteiger partial charge in [0.05, 0.1) is 12.6 Å². The van der Waals surface area contributed by atoms with E-state index >= 15 is 0 Å². The van der Waals surface area contributed by atoms with Gasteiger partial charge in [-0.05, 0) is 32.6 Å². The summed E-state index contributed by atoms with van der Waals surface area (Å²) in [5, 5.41) is 3.20. The van der Waals surface area contributed by atoms with E-state index in [0.29, 0.717) is 12.0 Å². The second kappa shape index (κ2) is 9.60. The Morgan fingerprint density at radius 2 is 2.00 bits per heavy atom. The average molecular weight is 325 g/mol. The van der Waals surface area contributed by atoms with Crippen molar-refractivity contribution in [2.24, 2.45) is 5.92 Å². The van der Waals surface area contributed by atoms with Gasteiger partial charge in [0.15, 0.2) is 0 Å². The quantitative estimate of drug-likeness (QED) is 0.774. The molecule has 0 bridgehead atoms. The first-order valence-corrected chi connectivity index (χ1v) is 9.36. The summed E-state index contributed by atoms with van der Waals surface area (Å²) < 4.78 is 5.18. The lowest BCUT2D eigenvalue weighted by atomic mass is 9.89. The molecule has 1 amide bonds. The molecule has 0 aromatic carbocycles. The van der Waals surface area contributed by atoms with Gasteiger partial charge in [-0.2, -0.15) is 0 Å². The summed E-state index contributed by atoms with van der Waals surface area (Å²) in [6.45, 7) is 9.86. The second-order valence-corrected chi connectivity index (χ2v) is 7.30. The molecule has 5 heteroatoms. The molecule has 2 aliphatic rings. The summed E-state index contributed by atoms with van der Waals surface area (Å²) in [7, 11) is 1.75. The van der Waals surface area contributed by atoms with Crippen LogP contribution in [0, 0.1) is 5.92 Å². The van der Waals surface area contributed by atoms with Crippen LogP contribution in [-0.4, -0.2) is 74.2 Å². The van der Waals surface area contributed by atoms with E-state index in [1.54, 1.807) is 7.11 Å². The second-order valence-electron chi connectivity index (χ2n) is 7.30. The Bertz CT molecular complexity index is 358. The Hall–Kier alpha value is -0.650. The Morgan fingerprint density at radius 1 is 1.26 bits per heavy atom. The van der Waals surface area contributed by atoms with E-state index in [9.17, 15) is 4.79 Å². The zero-order chi connectivity index (χ0) is 16.7. The standard InChI is InChI=1S/C18H35N3O2/c1-15-14-21(10-9-20(15)11-12-23-3)16(2)18(22)19-13-17-7-5-4-6-8-17/h15-17H,4-14H2,1-3H3,(H,19,22)/t15-,16+/m1/s1. The number of hydrogen-bond acceptors (Lipinski definition) is 4. The third kappa shape index (κ3) is 5.73. The van der Waals surface area contributed by atoms with Gasteiger partial charge in [0, 0.05) is 45.9 Å². The Morgan fingerprint density at radius 3 is 2.65 bits per heavy atom. The van der Waals surface area contributed by atoms with Crippen molar-refractivity contribution in [3.8, 4) is 0 Å². The van der Waals surface area contributed by atoms with Gasteiger partial charge < -0.3 is 10.1 Å². The van der Waals surface area contributed by atoms with Crippen LogP contribution < -0.4 is 5.32 Å². The number of carbonyl (C=O) groups excluding carboxylic acids is 1. The fourth-order valence-corrected chi connectivity index (χ4v) is 3.87. The number of methoxy groups -OCH3 is 1. The smallest absolute Gasteiger partial charge is 0.237 e. The van der Waals surface area contributed by atoms with Gasteiger partial charge in [-0.1, -0.05) is 19.3 Å². The number of nitrogens with one attached hydrogen (secondary N) is 1. The van der Waals surface area contributed by atoms with Crippen LogP contribution in [-0.2, 0) is 9.53 Å². The number of hydrogen-bond donors (Lipinski definition) is 1. The van der Waals surface area contributed by atoms with Gasteiger partial charge in [-0.15, -0.1) is 0 Å². The first kappa shape index (κ1) is 18.7. The van der Waals surface area contributed by atoms with Gasteiger partial charge in [-0.3, -0.25) is 14.6 Å². The molecule has 2 atom stereocenters. The molecule has 0 aromatic heterocycles. The molecule has 0 spiro atoms. The SMILES string of the molecule is COCCN1CCN([C@@H](C)C(=O)NCC2CCCCC2)C[C@H]1C. The molecule has 2 fully saturated rings. The van der Waals surface area contributed by atoms with Gasteiger partial charge >= 0.3 is 0 Å². The highest BCUT2D eigenvalue weighted by molar-refractivity contribution is 5.81. The first-order valence-electron chi connectivity index (χ1n) is 9.36. The molecule has 5 nitrogen and oxygen atoms in total. The first-order chi connectivity index (χ1) is 11.1. The topological polar surface area (TPSA) is 44.8 Å². The van der Waals surface area contributed by atoms with Crippen molar-refractivity contribution in [2.75, 3.05) is 46.4 Å². The highest BCUT2D eigenvalue weighted by Gasteiger charge is 2.29. The van der Waals surface area contributed by atoms with Crippen molar-refractivity contribution in [3.05, 3.63) is 0 Å². The predicted octanol–water partition coefficient (Wildman–Crippen LogP) is 1.72. The largest absolute Gasteiger partial charge is 0.383 e. The number of amides is 1. The molecule has 1 saturated heterocycles. The third-order valence-corrected chi connectivity index (χ3v) is 5.60. The molecule has 1 heterocycles. The molecule has 0 unspecified atom stereocenters. The molecule has 0 radical (unpaired) electrons. The Kier molecular flexibility index (Phi) is 7.80. The van der Waals surface area contributed by atoms with E-state index in [0.717, 1.165) is 39.3 Å². The fourth-order valence-electron chi connectivity index (χ4n) is 3.87. The Labute approximate surface area is 141 Å². The zero-order valence-electron chi connectivity index (χ0n) is 15.2. The number of nitrogens with zero attached hydrogens (tertiary/aromatic N) is 2. The molecular formula is C18H35N3O2. The number of ether oxygens (including phenoxy) is 1. The van der Waals surface area contributed by atoms with Crippen molar-refractivity contribution in [1.29, 1.82) is 0 Å². The van der Waals surface area contributed by atoms with Gasteiger partial charge in [0.25, 0.3) is 0 Å². The summed E-state index contributed by atoms with van der Waals surface area (Å²) in [6, 6.07) is 0.457. The summed E-state index contributed by atoms with van der Waals surface area (Å²) in [4.78, 5) is 17.2. The highest BCUT2D eigenvalue weighted by Crippen LogP contribution is 2.22. The van der Waals surface area contributed by atoms with Crippen LogP contribution in [0.15, 0.2) is 0 Å². The summed E-state index contributed by atoms with van der Waals surface area (Å²) in [6.07, 6.45) is 6.59. The van der Waals surface area contributed by atoms with Crippen LogP contribution in [0.3, 0.4) is 0 Å². The van der Waals surface area contributed by atoms with Crippen LogP contribution in [0.5, 0.6) is 0 Å². The lowest BCUT2D eigenvalue weighted by molar-refractivity contribution is -0.127. The van der Waals surface area contributed by atoms with Crippen LogP contribution >= 0.6 is 0 Å². The monoisotopic (exact) mass is 325 g/mol.